The molecule has 0 aromatic carbocycles. The Kier molecular flexibility index (Phi) is 3.19. The number of hydrogen-bond acceptors (Lipinski definition) is 3. The second-order valence-electron chi connectivity index (χ2n) is 4.71. The summed E-state index contributed by atoms with van der Waals surface area (Å²) in [5.41, 5.74) is 0. The van der Waals surface area contributed by atoms with Crippen molar-refractivity contribution >= 4 is 5.78 Å². The normalized spacial score (nSPS) is 29.9. The van der Waals surface area contributed by atoms with Crippen LogP contribution in [0.4, 0.5) is 0 Å². The number of nitrogens with one attached hydrogen (secondary N) is 1. The first kappa shape index (κ1) is 10.1. The van der Waals surface area contributed by atoms with E-state index in [-0.39, 0.29) is 0 Å². The summed E-state index contributed by atoms with van der Waals surface area (Å²) in [6.45, 7) is 3.16. The van der Waals surface area contributed by atoms with E-state index in [1.807, 2.05) is 0 Å². The molecule has 2 fully saturated rings. The van der Waals surface area contributed by atoms with Gasteiger partial charge in [0.05, 0.1) is 0 Å². The molecule has 0 spiro atoms. The Hall–Kier alpha value is -0.410. The van der Waals surface area contributed by atoms with Crippen molar-refractivity contribution in [1.82, 2.24) is 10.2 Å². The lowest BCUT2D eigenvalue weighted by molar-refractivity contribution is -0.125. The molecule has 0 bridgehead atoms. The Morgan fingerprint density at radius 3 is 2.86 bits per heavy atom. The average Bonchev–Trinajstić information content (AvgIpc) is 1.99. The van der Waals surface area contributed by atoms with E-state index in [1.54, 1.807) is 0 Å². The van der Waals surface area contributed by atoms with Gasteiger partial charge < -0.3 is 10.2 Å². The lowest BCUT2D eigenvalue weighted by Gasteiger charge is -2.32. The Morgan fingerprint density at radius 2 is 2.29 bits per heavy atom. The van der Waals surface area contributed by atoms with Crippen molar-refractivity contribution in [2.45, 2.75) is 31.7 Å². The van der Waals surface area contributed by atoms with E-state index < -0.39 is 0 Å². The number of nitrogens with zero attached hydrogens (tertiary/aromatic N) is 1. The molecule has 1 N–H and O–H groups in total. The SMILES string of the molecule is CN1CCNC(CC(=O)C2CCC2)C1. The lowest BCUT2D eigenvalue weighted by Crippen LogP contribution is -2.50. The minimum atomic E-state index is 0.404. The number of likely N-dealkylation sites (N-methyl/N-ethyl adjacent to an activating group) is 1. The van der Waals surface area contributed by atoms with Gasteiger partial charge in [-0.2, -0.15) is 0 Å². The van der Waals surface area contributed by atoms with Crippen molar-refractivity contribution in [1.29, 1.82) is 0 Å². The van der Waals surface area contributed by atoms with E-state index in [9.17, 15) is 4.79 Å². The molecule has 1 saturated heterocycles. The molecule has 1 aliphatic heterocycles. The first-order valence-corrected chi connectivity index (χ1v) is 5.70. The van der Waals surface area contributed by atoms with Gasteiger partial charge >= 0.3 is 0 Å². The van der Waals surface area contributed by atoms with Crippen LogP contribution < -0.4 is 5.32 Å². The zero-order valence-electron chi connectivity index (χ0n) is 8.96. The van der Waals surface area contributed by atoms with E-state index in [0.717, 1.165) is 38.9 Å². The Labute approximate surface area is 85.8 Å². The van der Waals surface area contributed by atoms with Gasteiger partial charge in [0, 0.05) is 38.0 Å². The van der Waals surface area contributed by atoms with E-state index in [2.05, 4.69) is 17.3 Å². The Balaban J connectivity index is 1.75. The predicted octanol–water partition coefficient (Wildman–Crippen LogP) is 0.649. The number of hydrogen-bond donors (Lipinski definition) is 1. The zero-order chi connectivity index (χ0) is 9.97. The average molecular weight is 196 g/mol. The van der Waals surface area contributed by atoms with Gasteiger partial charge in [0.25, 0.3) is 0 Å². The maximum absolute atomic E-state index is 11.7. The van der Waals surface area contributed by atoms with Crippen LogP contribution in [0.5, 0.6) is 0 Å². The van der Waals surface area contributed by atoms with Crippen LogP contribution in [-0.2, 0) is 4.79 Å². The first-order valence-electron chi connectivity index (χ1n) is 5.70. The number of Topliss-reactive ketones (excluding diaryl/α,β-unsaturated/α-hetero) is 1. The minimum absolute atomic E-state index is 0.404. The summed E-state index contributed by atoms with van der Waals surface area (Å²) in [5, 5.41) is 3.42. The molecular formula is C11H20N2O. The smallest absolute Gasteiger partial charge is 0.137 e. The molecule has 0 aromatic rings. The number of carbonyl (C=O) groups excluding carboxylic acids is 1. The fourth-order valence-electron chi connectivity index (χ4n) is 2.27. The van der Waals surface area contributed by atoms with Crippen LogP contribution in [-0.4, -0.2) is 43.4 Å². The molecule has 3 heteroatoms. The molecule has 2 rings (SSSR count). The highest BCUT2D eigenvalue weighted by molar-refractivity contribution is 5.82. The van der Waals surface area contributed by atoms with E-state index in [1.165, 1.54) is 6.42 Å². The van der Waals surface area contributed by atoms with Crippen LogP contribution in [0, 0.1) is 5.92 Å². The van der Waals surface area contributed by atoms with Crippen molar-refractivity contribution in [2.24, 2.45) is 5.92 Å². The number of piperazine rings is 1. The third-order valence-corrected chi connectivity index (χ3v) is 3.47. The van der Waals surface area contributed by atoms with E-state index in [4.69, 9.17) is 0 Å². The molecule has 1 atom stereocenters. The fourth-order valence-corrected chi connectivity index (χ4v) is 2.27. The maximum atomic E-state index is 11.7. The summed E-state index contributed by atoms with van der Waals surface area (Å²) in [4.78, 5) is 14.0. The number of rotatable bonds is 3. The molecule has 0 aromatic heterocycles. The molecule has 0 amide bonds. The minimum Gasteiger partial charge on any atom is -0.311 e. The molecule has 1 saturated carbocycles. The summed E-state index contributed by atoms with van der Waals surface area (Å²) in [7, 11) is 2.13. The van der Waals surface area contributed by atoms with Crippen LogP contribution >= 0.6 is 0 Å². The van der Waals surface area contributed by atoms with Gasteiger partial charge in [-0.1, -0.05) is 6.42 Å². The van der Waals surface area contributed by atoms with Crippen molar-refractivity contribution < 1.29 is 4.79 Å². The maximum Gasteiger partial charge on any atom is 0.137 e. The van der Waals surface area contributed by atoms with Gasteiger partial charge in [-0.3, -0.25) is 4.79 Å². The number of carbonyl (C=O) groups is 1. The largest absolute Gasteiger partial charge is 0.311 e. The fraction of sp³-hybridized carbons (Fsp3) is 0.909. The molecule has 1 aliphatic carbocycles. The monoisotopic (exact) mass is 196 g/mol. The van der Waals surface area contributed by atoms with E-state index in [0.29, 0.717) is 17.7 Å². The highest BCUT2D eigenvalue weighted by Gasteiger charge is 2.28. The summed E-state index contributed by atoms with van der Waals surface area (Å²) in [6.07, 6.45) is 4.28. The lowest BCUT2D eigenvalue weighted by atomic mass is 9.80. The van der Waals surface area contributed by atoms with Gasteiger partial charge in [0.15, 0.2) is 0 Å². The molecular weight excluding hydrogens is 176 g/mol. The molecule has 1 unspecified atom stereocenters. The molecule has 2 aliphatic rings. The van der Waals surface area contributed by atoms with Crippen LogP contribution in [0.2, 0.25) is 0 Å². The highest BCUT2D eigenvalue weighted by Crippen LogP contribution is 2.28. The van der Waals surface area contributed by atoms with Crippen molar-refractivity contribution in [3.63, 3.8) is 0 Å². The molecule has 0 radical (unpaired) electrons. The van der Waals surface area contributed by atoms with Crippen molar-refractivity contribution in [3.8, 4) is 0 Å². The first-order chi connectivity index (χ1) is 6.75. The van der Waals surface area contributed by atoms with Crippen LogP contribution in [0.1, 0.15) is 25.7 Å². The second-order valence-corrected chi connectivity index (χ2v) is 4.71. The molecule has 80 valence electrons. The van der Waals surface area contributed by atoms with Crippen LogP contribution in [0.3, 0.4) is 0 Å². The van der Waals surface area contributed by atoms with Crippen LogP contribution in [0.25, 0.3) is 0 Å². The van der Waals surface area contributed by atoms with Crippen molar-refractivity contribution in [2.75, 3.05) is 26.7 Å². The van der Waals surface area contributed by atoms with Crippen molar-refractivity contribution in [3.05, 3.63) is 0 Å². The van der Waals surface area contributed by atoms with Gasteiger partial charge in [0.1, 0.15) is 5.78 Å². The molecule has 3 nitrogen and oxygen atoms in total. The van der Waals surface area contributed by atoms with Gasteiger partial charge in [0.2, 0.25) is 0 Å². The topological polar surface area (TPSA) is 32.3 Å². The Morgan fingerprint density at radius 1 is 1.50 bits per heavy atom. The predicted molar refractivity (Wildman–Crippen MR) is 56.3 cm³/mol. The summed E-state index contributed by atoms with van der Waals surface area (Å²) < 4.78 is 0. The Bertz CT molecular complexity index is 213. The number of ketones is 1. The summed E-state index contributed by atoms with van der Waals surface area (Å²) >= 11 is 0. The standard InChI is InChI=1S/C11H20N2O/c1-13-6-5-12-10(8-13)7-11(14)9-3-2-4-9/h9-10,12H,2-8H2,1H3. The zero-order valence-corrected chi connectivity index (χ0v) is 8.96. The van der Waals surface area contributed by atoms with Gasteiger partial charge in [-0.15, -0.1) is 0 Å². The van der Waals surface area contributed by atoms with Gasteiger partial charge in [-0.05, 0) is 19.9 Å². The highest BCUT2D eigenvalue weighted by atomic mass is 16.1. The van der Waals surface area contributed by atoms with Gasteiger partial charge in [-0.25, -0.2) is 0 Å². The van der Waals surface area contributed by atoms with Crippen LogP contribution in [0.15, 0.2) is 0 Å². The third-order valence-electron chi connectivity index (χ3n) is 3.47. The van der Waals surface area contributed by atoms with E-state index >= 15 is 0 Å². The third kappa shape index (κ3) is 2.34. The summed E-state index contributed by atoms with van der Waals surface area (Å²) in [6, 6.07) is 0.404. The quantitative estimate of drug-likeness (QED) is 0.719. The molecule has 14 heavy (non-hydrogen) atoms. The second kappa shape index (κ2) is 4.41. The molecule has 1 heterocycles. The summed E-state index contributed by atoms with van der Waals surface area (Å²) in [5.74, 6) is 0.896.